The second kappa shape index (κ2) is 5.11. The van der Waals surface area contributed by atoms with Crippen LogP contribution in [0.5, 0.6) is 0 Å². The number of para-hydroxylation sites is 2. The fourth-order valence-electron chi connectivity index (χ4n) is 3.22. The number of thiocarbonyl (C=S) groups is 1. The second-order valence-electron chi connectivity index (χ2n) is 5.61. The molecule has 2 amide bonds. The SMILES string of the molecule is NC(=S)C1(C(=O)N2CC(=O)Nc3ccccc32)CCCC1. The molecule has 0 radical (unpaired) electrons. The molecule has 0 unspecified atom stereocenters. The third-order valence-corrected chi connectivity index (χ3v) is 4.74. The molecular weight excluding hydrogens is 286 g/mol. The zero-order chi connectivity index (χ0) is 15.0. The first-order valence-corrected chi connectivity index (χ1v) is 7.46. The maximum atomic E-state index is 13.1. The van der Waals surface area contributed by atoms with Crippen molar-refractivity contribution in [3.63, 3.8) is 0 Å². The molecule has 3 N–H and O–H groups in total. The largest absolute Gasteiger partial charge is 0.392 e. The summed E-state index contributed by atoms with van der Waals surface area (Å²) in [4.78, 5) is 26.7. The summed E-state index contributed by atoms with van der Waals surface area (Å²) in [6.07, 6.45) is 3.21. The van der Waals surface area contributed by atoms with E-state index in [0.717, 1.165) is 12.8 Å². The van der Waals surface area contributed by atoms with Crippen molar-refractivity contribution in [2.45, 2.75) is 25.7 Å². The first kappa shape index (κ1) is 14.0. The normalized spacial score (nSPS) is 19.8. The van der Waals surface area contributed by atoms with Crippen molar-refractivity contribution < 1.29 is 9.59 Å². The van der Waals surface area contributed by atoms with Crippen molar-refractivity contribution in [1.29, 1.82) is 0 Å². The van der Waals surface area contributed by atoms with Crippen LogP contribution in [0.2, 0.25) is 0 Å². The summed E-state index contributed by atoms with van der Waals surface area (Å²) < 4.78 is 0. The number of benzene rings is 1. The van der Waals surface area contributed by atoms with Crippen LogP contribution in [0.1, 0.15) is 25.7 Å². The van der Waals surface area contributed by atoms with E-state index in [1.54, 1.807) is 6.07 Å². The summed E-state index contributed by atoms with van der Waals surface area (Å²) >= 11 is 5.17. The van der Waals surface area contributed by atoms with Gasteiger partial charge < -0.3 is 16.0 Å². The van der Waals surface area contributed by atoms with Gasteiger partial charge in [-0.25, -0.2) is 0 Å². The molecule has 1 aliphatic carbocycles. The first-order chi connectivity index (χ1) is 10.0. The Morgan fingerprint density at radius 3 is 2.62 bits per heavy atom. The molecule has 1 fully saturated rings. The van der Waals surface area contributed by atoms with Crippen LogP contribution in [0.25, 0.3) is 0 Å². The summed E-state index contributed by atoms with van der Waals surface area (Å²) in [5.74, 6) is -0.340. The Hall–Kier alpha value is -1.95. The highest BCUT2D eigenvalue weighted by Gasteiger charge is 2.47. The highest BCUT2D eigenvalue weighted by Crippen LogP contribution is 2.42. The Morgan fingerprint density at radius 2 is 1.95 bits per heavy atom. The van der Waals surface area contributed by atoms with Gasteiger partial charge in [0.1, 0.15) is 6.54 Å². The average Bonchev–Trinajstić information content (AvgIpc) is 2.96. The average molecular weight is 303 g/mol. The van der Waals surface area contributed by atoms with E-state index in [1.165, 1.54) is 4.90 Å². The smallest absolute Gasteiger partial charge is 0.244 e. The van der Waals surface area contributed by atoms with Crippen LogP contribution in [0.15, 0.2) is 24.3 Å². The monoisotopic (exact) mass is 303 g/mol. The van der Waals surface area contributed by atoms with E-state index in [9.17, 15) is 9.59 Å². The van der Waals surface area contributed by atoms with Gasteiger partial charge in [0, 0.05) is 0 Å². The van der Waals surface area contributed by atoms with Crippen LogP contribution < -0.4 is 16.0 Å². The standard InChI is InChI=1S/C15H17N3O2S/c16-13(21)15(7-3-4-8-15)14(20)18-9-12(19)17-10-5-1-2-6-11(10)18/h1-2,5-6H,3-4,7-9H2,(H2,16,21)(H,17,19). The molecule has 2 aliphatic rings. The number of hydrogen-bond donors (Lipinski definition) is 2. The minimum Gasteiger partial charge on any atom is -0.392 e. The molecule has 0 bridgehead atoms. The van der Waals surface area contributed by atoms with Gasteiger partial charge in [-0.2, -0.15) is 0 Å². The van der Waals surface area contributed by atoms with Crippen molar-refractivity contribution in [3.05, 3.63) is 24.3 Å². The number of carbonyl (C=O) groups is 2. The zero-order valence-electron chi connectivity index (χ0n) is 11.6. The van der Waals surface area contributed by atoms with Crippen LogP contribution >= 0.6 is 12.2 Å². The lowest BCUT2D eigenvalue weighted by molar-refractivity contribution is -0.126. The molecule has 21 heavy (non-hydrogen) atoms. The van der Waals surface area contributed by atoms with Crippen molar-refractivity contribution in [1.82, 2.24) is 0 Å². The number of carbonyl (C=O) groups excluding carboxylic acids is 2. The lowest BCUT2D eigenvalue weighted by Gasteiger charge is -2.36. The third-order valence-electron chi connectivity index (χ3n) is 4.35. The highest BCUT2D eigenvalue weighted by atomic mass is 32.1. The fraction of sp³-hybridized carbons (Fsp3) is 0.400. The molecule has 3 rings (SSSR count). The minimum atomic E-state index is -0.792. The highest BCUT2D eigenvalue weighted by molar-refractivity contribution is 7.80. The molecule has 0 aromatic heterocycles. The van der Waals surface area contributed by atoms with Crippen molar-refractivity contribution in [2.75, 3.05) is 16.8 Å². The van der Waals surface area contributed by atoms with Crippen LogP contribution in [-0.4, -0.2) is 23.3 Å². The topological polar surface area (TPSA) is 75.4 Å². The summed E-state index contributed by atoms with van der Waals surface area (Å²) in [7, 11) is 0. The molecule has 0 atom stereocenters. The molecule has 1 saturated carbocycles. The predicted molar refractivity (Wildman–Crippen MR) is 85.1 cm³/mol. The van der Waals surface area contributed by atoms with E-state index in [2.05, 4.69) is 5.32 Å². The van der Waals surface area contributed by atoms with Crippen molar-refractivity contribution >= 4 is 40.4 Å². The maximum Gasteiger partial charge on any atom is 0.244 e. The van der Waals surface area contributed by atoms with Crippen LogP contribution in [0.4, 0.5) is 11.4 Å². The van der Waals surface area contributed by atoms with E-state index >= 15 is 0 Å². The summed E-state index contributed by atoms with van der Waals surface area (Å²) in [5, 5.41) is 2.78. The molecular formula is C15H17N3O2S. The Kier molecular flexibility index (Phi) is 3.41. The van der Waals surface area contributed by atoms with Crippen LogP contribution in [-0.2, 0) is 9.59 Å². The molecule has 1 aromatic carbocycles. The first-order valence-electron chi connectivity index (χ1n) is 7.05. The molecule has 6 heteroatoms. The summed E-state index contributed by atoms with van der Waals surface area (Å²) in [6, 6.07) is 7.29. The van der Waals surface area contributed by atoms with Gasteiger partial charge >= 0.3 is 0 Å². The molecule has 1 aliphatic heterocycles. The Morgan fingerprint density at radius 1 is 1.29 bits per heavy atom. The lowest BCUT2D eigenvalue weighted by atomic mass is 9.84. The van der Waals surface area contributed by atoms with Gasteiger partial charge in [-0.3, -0.25) is 9.59 Å². The van der Waals surface area contributed by atoms with Gasteiger partial charge in [-0.05, 0) is 25.0 Å². The Bertz CT molecular complexity index is 623. The van der Waals surface area contributed by atoms with Crippen molar-refractivity contribution in [2.24, 2.45) is 11.1 Å². The van der Waals surface area contributed by atoms with Gasteiger partial charge in [0.05, 0.1) is 21.8 Å². The van der Waals surface area contributed by atoms with Crippen molar-refractivity contribution in [3.8, 4) is 0 Å². The summed E-state index contributed by atoms with van der Waals surface area (Å²) in [6.45, 7) is 0.0141. The molecule has 110 valence electrons. The summed E-state index contributed by atoms with van der Waals surface area (Å²) in [5.41, 5.74) is 6.45. The molecule has 0 saturated heterocycles. The van der Waals surface area contributed by atoms with Gasteiger partial charge in [-0.1, -0.05) is 37.2 Å². The number of fused-ring (bicyclic) bond motifs is 1. The zero-order valence-corrected chi connectivity index (χ0v) is 12.4. The molecule has 1 heterocycles. The third kappa shape index (κ3) is 2.19. The van der Waals surface area contributed by atoms with E-state index in [4.69, 9.17) is 18.0 Å². The Balaban J connectivity index is 2.02. The number of amides is 2. The van der Waals surface area contributed by atoms with Crippen LogP contribution in [0, 0.1) is 5.41 Å². The van der Waals surface area contributed by atoms with E-state index in [0.29, 0.717) is 24.2 Å². The number of nitrogens with zero attached hydrogens (tertiary/aromatic N) is 1. The van der Waals surface area contributed by atoms with E-state index in [-0.39, 0.29) is 23.3 Å². The number of anilines is 2. The number of hydrogen-bond acceptors (Lipinski definition) is 3. The minimum absolute atomic E-state index is 0.0141. The predicted octanol–water partition coefficient (Wildman–Crippen LogP) is 1.82. The lowest BCUT2D eigenvalue weighted by Crippen LogP contribution is -2.53. The number of nitrogens with one attached hydrogen (secondary N) is 1. The van der Waals surface area contributed by atoms with Gasteiger partial charge in [0.25, 0.3) is 0 Å². The van der Waals surface area contributed by atoms with Gasteiger partial charge in [0.2, 0.25) is 11.8 Å². The molecule has 1 aromatic rings. The van der Waals surface area contributed by atoms with Gasteiger partial charge in [0.15, 0.2) is 0 Å². The Labute approximate surface area is 128 Å². The number of nitrogens with two attached hydrogens (primary N) is 1. The quantitative estimate of drug-likeness (QED) is 0.817. The van der Waals surface area contributed by atoms with E-state index in [1.807, 2.05) is 18.2 Å². The molecule has 5 nitrogen and oxygen atoms in total. The number of rotatable bonds is 2. The maximum absolute atomic E-state index is 13.1. The second-order valence-corrected chi connectivity index (χ2v) is 6.05. The van der Waals surface area contributed by atoms with E-state index < -0.39 is 5.41 Å². The molecule has 0 spiro atoms. The van der Waals surface area contributed by atoms with Crippen LogP contribution in [0.3, 0.4) is 0 Å². The fourth-order valence-corrected chi connectivity index (χ4v) is 3.51. The van der Waals surface area contributed by atoms with Gasteiger partial charge in [-0.15, -0.1) is 0 Å².